The van der Waals surface area contributed by atoms with E-state index >= 15 is 0 Å². The SMILES string of the molecule is CCN(C(=O)C(=N)CS(=O)(=O)CCC(F)(F)F)c1cn(-c2cncc(F)c2)nc1Cl. The first-order valence-corrected chi connectivity index (χ1v) is 10.6. The van der Waals surface area contributed by atoms with Crippen LogP contribution in [-0.4, -0.2) is 59.0 Å². The maximum absolute atomic E-state index is 13.4. The van der Waals surface area contributed by atoms with Gasteiger partial charge in [-0.05, 0) is 6.92 Å². The Morgan fingerprint density at radius 3 is 2.57 bits per heavy atom. The van der Waals surface area contributed by atoms with E-state index in [9.17, 15) is 30.8 Å². The van der Waals surface area contributed by atoms with Crippen molar-refractivity contribution in [3.63, 3.8) is 0 Å². The molecule has 2 rings (SSSR count). The lowest BCUT2D eigenvalue weighted by Crippen LogP contribution is -2.39. The lowest BCUT2D eigenvalue weighted by atomic mass is 10.3. The molecular formula is C16H16ClF4N5O3S. The standard InChI is InChI=1S/C16H16ClF4N5O3S/c1-2-25(15(27)12(22)9-30(28,29)4-3-16(19,20)21)13-8-26(24-14(13)17)11-5-10(18)6-23-7-11/h5-8,22H,2-4,9H2,1H3. The summed E-state index contributed by atoms with van der Waals surface area (Å²) in [7, 11) is -4.33. The van der Waals surface area contributed by atoms with E-state index in [-0.39, 0.29) is 23.1 Å². The van der Waals surface area contributed by atoms with Crippen molar-refractivity contribution in [1.29, 1.82) is 5.41 Å². The van der Waals surface area contributed by atoms with Crippen LogP contribution in [-0.2, 0) is 14.6 Å². The van der Waals surface area contributed by atoms with Gasteiger partial charge in [0, 0.05) is 12.6 Å². The number of hydrogen-bond acceptors (Lipinski definition) is 6. The predicted octanol–water partition coefficient (Wildman–Crippen LogP) is 2.80. The summed E-state index contributed by atoms with van der Waals surface area (Å²) in [5, 5.41) is 11.5. The third-order valence-corrected chi connectivity index (χ3v) is 5.60. The van der Waals surface area contributed by atoms with Crippen molar-refractivity contribution in [3.05, 3.63) is 35.6 Å². The lowest BCUT2D eigenvalue weighted by Gasteiger charge is -2.20. The Morgan fingerprint density at radius 1 is 1.33 bits per heavy atom. The molecule has 0 bridgehead atoms. The van der Waals surface area contributed by atoms with E-state index in [1.54, 1.807) is 0 Å². The van der Waals surface area contributed by atoms with Crippen LogP contribution in [0.1, 0.15) is 13.3 Å². The van der Waals surface area contributed by atoms with Gasteiger partial charge in [0.2, 0.25) is 0 Å². The number of carbonyl (C=O) groups excluding carboxylic acids is 1. The molecule has 2 aromatic rings. The summed E-state index contributed by atoms with van der Waals surface area (Å²) in [5.41, 5.74) is -0.724. The fourth-order valence-electron chi connectivity index (χ4n) is 2.39. The van der Waals surface area contributed by atoms with Crippen molar-refractivity contribution in [2.45, 2.75) is 19.5 Å². The molecule has 8 nitrogen and oxygen atoms in total. The number of alkyl halides is 3. The number of halogens is 5. The Bertz CT molecular complexity index is 1060. The highest BCUT2D eigenvalue weighted by Gasteiger charge is 2.32. The van der Waals surface area contributed by atoms with Crippen molar-refractivity contribution in [3.8, 4) is 5.69 Å². The largest absolute Gasteiger partial charge is 0.390 e. The summed E-state index contributed by atoms with van der Waals surface area (Å²) in [4.78, 5) is 17.2. The summed E-state index contributed by atoms with van der Waals surface area (Å²) in [6.07, 6.45) is -2.75. The highest BCUT2D eigenvalue weighted by atomic mass is 35.5. The van der Waals surface area contributed by atoms with E-state index in [4.69, 9.17) is 17.0 Å². The van der Waals surface area contributed by atoms with Gasteiger partial charge in [0.1, 0.15) is 17.2 Å². The van der Waals surface area contributed by atoms with Gasteiger partial charge < -0.3 is 4.90 Å². The Kier molecular flexibility index (Phi) is 7.18. The number of pyridine rings is 1. The molecule has 30 heavy (non-hydrogen) atoms. The molecule has 164 valence electrons. The molecule has 0 saturated heterocycles. The van der Waals surface area contributed by atoms with Gasteiger partial charge in [0.25, 0.3) is 5.91 Å². The van der Waals surface area contributed by atoms with Crippen LogP contribution in [0.2, 0.25) is 5.15 Å². The fraction of sp³-hybridized carbons (Fsp3) is 0.375. The van der Waals surface area contributed by atoms with E-state index < -0.39 is 51.4 Å². The minimum absolute atomic E-state index is 0.00543. The van der Waals surface area contributed by atoms with Crippen molar-refractivity contribution >= 4 is 38.7 Å². The number of aromatic nitrogens is 3. The molecule has 0 saturated carbocycles. The first-order chi connectivity index (χ1) is 13.8. The zero-order chi connectivity index (χ0) is 22.7. The first kappa shape index (κ1) is 23.7. The van der Waals surface area contributed by atoms with Gasteiger partial charge in [-0.3, -0.25) is 15.2 Å². The molecule has 0 fully saturated rings. The molecule has 0 spiro atoms. The molecule has 1 amide bonds. The normalized spacial score (nSPS) is 12.1. The number of hydrogen-bond donors (Lipinski definition) is 1. The summed E-state index contributed by atoms with van der Waals surface area (Å²) < 4.78 is 74.9. The van der Waals surface area contributed by atoms with Gasteiger partial charge in [0.15, 0.2) is 15.0 Å². The third kappa shape index (κ3) is 6.23. The zero-order valence-corrected chi connectivity index (χ0v) is 17.0. The number of carbonyl (C=O) groups is 1. The average molecular weight is 470 g/mol. The number of sulfone groups is 1. The van der Waals surface area contributed by atoms with Crippen LogP contribution >= 0.6 is 11.6 Å². The highest BCUT2D eigenvalue weighted by Crippen LogP contribution is 2.26. The van der Waals surface area contributed by atoms with E-state index in [0.29, 0.717) is 0 Å². The van der Waals surface area contributed by atoms with E-state index in [1.165, 1.54) is 19.3 Å². The van der Waals surface area contributed by atoms with E-state index in [1.807, 2.05) is 0 Å². The third-order valence-electron chi connectivity index (χ3n) is 3.78. The van der Waals surface area contributed by atoms with Crippen molar-refractivity contribution in [2.75, 3.05) is 23.0 Å². The minimum Gasteiger partial charge on any atom is -0.303 e. The van der Waals surface area contributed by atoms with Gasteiger partial charge in [-0.15, -0.1) is 0 Å². The lowest BCUT2D eigenvalue weighted by molar-refractivity contribution is -0.129. The molecule has 2 aromatic heterocycles. The molecule has 1 N–H and O–H groups in total. The molecule has 0 atom stereocenters. The molecule has 0 aromatic carbocycles. The van der Waals surface area contributed by atoms with Gasteiger partial charge in [0.05, 0.1) is 42.2 Å². The second kappa shape index (κ2) is 9.08. The molecular weight excluding hydrogens is 454 g/mol. The molecule has 0 radical (unpaired) electrons. The summed E-state index contributed by atoms with van der Waals surface area (Å²) in [6, 6.07) is 1.10. The van der Waals surface area contributed by atoms with E-state index in [2.05, 4.69) is 10.1 Å². The van der Waals surface area contributed by atoms with Crippen molar-refractivity contribution in [1.82, 2.24) is 14.8 Å². The van der Waals surface area contributed by atoms with Crippen LogP contribution in [0.3, 0.4) is 0 Å². The molecule has 2 heterocycles. The van der Waals surface area contributed by atoms with Crippen LogP contribution in [0.25, 0.3) is 5.69 Å². The van der Waals surface area contributed by atoms with Crippen LogP contribution in [0.4, 0.5) is 23.2 Å². The van der Waals surface area contributed by atoms with Crippen LogP contribution < -0.4 is 4.90 Å². The van der Waals surface area contributed by atoms with Crippen LogP contribution in [0.15, 0.2) is 24.7 Å². The molecule has 0 aliphatic carbocycles. The zero-order valence-electron chi connectivity index (χ0n) is 15.4. The summed E-state index contributed by atoms with van der Waals surface area (Å²) in [6.45, 7) is 1.47. The van der Waals surface area contributed by atoms with Crippen LogP contribution in [0.5, 0.6) is 0 Å². The Morgan fingerprint density at radius 2 is 2.00 bits per heavy atom. The number of nitrogens with zero attached hydrogens (tertiary/aromatic N) is 4. The monoisotopic (exact) mass is 469 g/mol. The second-order valence-electron chi connectivity index (χ2n) is 6.10. The maximum Gasteiger partial charge on any atom is 0.390 e. The predicted molar refractivity (Wildman–Crippen MR) is 101 cm³/mol. The van der Waals surface area contributed by atoms with Crippen LogP contribution in [0, 0.1) is 11.2 Å². The minimum atomic E-state index is -4.68. The van der Waals surface area contributed by atoms with Gasteiger partial charge in [-0.1, -0.05) is 11.6 Å². The quantitative estimate of drug-likeness (QED) is 0.472. The topological polar surface area (TPSA) is 109 Å². The summed E-state index contributed by atoms with van der Waals surface area (Å²) >= 11 is 6.04. The van der Waals surface area contributed by atoms with Gasteiger partial charge in [-0.25, -0.2) is 17.5 Å². The maximum atomic E-state index is 13.4. The fourth-order valence-corrected chi connectivity index (χ4v) is 3.88. The average Bonchev–Trinajstić information content (AvgIpc) is 3.01. The van der Waals surface area contributed by atoms with Gasteiger partial charge in [-0.2, -0.15) is 18.3 Å². The second-order valence-corrected chi connectivity index (χ2v) is 8.64. The van der Waals surface area contributed by atoms with Crippen molar-refractivity contribution in [2.24, 2.45) is 0 Å². The number of nitrogens with one attached hydrogen (secondary N) is 1. The number of anilines is 1. The molecule has 0 unspecified atom stereocenters. The highest BCUT2D eigenvalue weighted by molar-refractivity contribution is 7.92. The molecule has 14 heteroatoms. The Labute approximate surface area is 173 Å². The first-order valence-electron chi connectivity index (χ1n) is 8.35. The van der Waals surface area contributed by atoms with E-state index in [0.717, 1.165) is 21.8 Å². The smallest absolute Gasteiger partial charge is 0.303 e. The number of rotatable bonds is 8. The van der Waals surface area contributed by atoms with Gasteiger partial charge >= 0.3 is 6.18 Å². The van der Waals surface area contributed by atoms with Crippen molar-refractivity contribution < 1.29 is 30.8 Å². The molecule has 0 aliphatic rings. The Balaban J connectivity index is 2.21. The molecule has 0 aliphatic heterocycles. The Hall–Kier alpha value is -2.54. The summed E-state index contributed by atoms with van der Waals surface area (Å²) in [5.74, 6) is -4.09. The number of amides is 1.